The number of fused-ring (bicyclic) bond motifs is 1. The standard InChI is InChI=1S/C12H10ClN5/c13-9-6-17-12-11(18-9)8(5-16-12)3-7-1-2-10(14)15-4-7/h1-2,4-6H,3H2,(H2,14,15)(H,16,17). The molecule has 0 amide bonds. The van der Waals surface area contributed by atoms with Crippen molar-refractivity contribution in [1.29, 1.82) is 0 Å². The van der Waals surface area contributed by atoms with Crippen LogP contribution in [0.3, 0.4) is 0 Å². The molecule has 0 saturated carbocycles. The van der Waals surface area contributed by atoms with Crippen LogP contribution >= 0.6 is 11.6 Å². The molecule has 3 N–H and O–H groups in total. The van der Waals surface area contributed by atoms with E-state index in [4.69, 9.17) is 17.3 Å². The number of anilines is 1. The summed E-state index contributed by atoms with van der Waals surface area (Å²) in [5, 5.41) is 0.388. The van der Waals surface area contributed by atoms with Gasteiger partial charge in [0.15, 0.2) is 5.65 Å². The molecule has 0 unspecified atom stereocenters. The molecule has 5 nitrogen and oxygen atoms in total. The monoisotopic (exact) mass is 259 g/mol. The number of pyridine rings is 1. The van der Waals surface area contributed by atoms with Crippen LogP contribution in [0, 0.1) is 0 Å². The van der Waals surface area contributed by atoms with E-state index < -0.39 is 0 Å². The summed E-state index contributed by atoms with van der Waals surface area (Å²) in [5.74, 6) is 0.514. The molecule has 0 atom stereocenters. The Hall–Kier alpha value is -2.14. The van der Waals surface area contributed by atoms with Gasteiger partial charge in [0, 0.05) is 24.4 Å². The van der Waals surface area contributed by atoms with E-state index in [0.29, 0.717) is 17.4 Å². The lowest BCUT2D eigenvalue weighted by Gasteiger charge is -2.00. The lowest BCUT2D eigenvalue weighted by molar-refractivity contribution is 1.15. The van der Waals surface area contributed by atoms with Gasteiger partial charge in [-0.05, 0) is 11.6 Å². The van der Waals surface area contributed by atoms with E-state index in [1.807, 2.05) is 12.3 Å². The number of nitrogen functional groups attached to an aromatic ring is 1. The predicted molar refractivity (Wildman–Crippen MR) is 70.4 cm³/mol. The van der Waals surface area contributed by atoms with Crippen LogP contribution in [0.2, 0.25) is 5.15 Å². The number of H-pyrrole nitrogens is 1. The van der Waals surface area contributed by atoms with E-state index in [0.717, 1.165) is 22.3 Å². The molecular weight excluding hydrogens is 250 g/mol. The molecule has 0 aliphatic heterocycles. The minimum atomic E-state index is 0.388. The van der Waals surface area contributed by atoms with Crippen molar-refractivity contribution in [1.82, 2.24) is 19.9 Å². The summed E-state index contributed by atoms with van der Waals surface area (Å²) < 4.78 is 0. The van der Waals surface area contributed by atoms with Gasteiger partial charge in [-0.3, -0.25) is 0 Å². The highest BCUT2D eigenvalue weighted by Crippen LogP contribution is 2.19. The van der Waals surface area contributed by atoms with Crippen LogP contribution in [0.15, 0.2) is 30.7 Å². The molecule has 18 heavy (non-hydrogen) atoms. The fourth-order valence-electron chi connectivity index (χ4n) is 1.82. The van der Waals surface area contributed by atoms with Crippen molar-refractivity contribution in [3.8, 4) is 0 Å². The fourth-order valence-corrected chi connectivity index (χ4v) is 1.95. The highest BCUT2D eigenvalue weighted by atomic mass is 35.5. The zero-order valence-electron chi connectivity index (χ0n) is 9.39. The lowest BCUT2D eigenvalue weighted by Crippen LogP contribution is -1.93. The molecule has 0 aliphatic carbocycles. The van der Waals surface area contributed by atoms with Gasteiger partial charge in [0.05, 0.1) is 6.20 Å². The zero-order chi connectivity index (χ0) is 12.5. The van der Waals surface area contributed by atoms with Crippen LogP contribution in [-0.2, 0) is 6.42 Å². The second-order valence-corrected chi connectivity index (χ2v) is 4.36. The summed E-state index contributed by atoms with van der Waals surface area (Å²) in [6, 6.07) is 3.72. The van der Waals surface area contributed by atoms with Gasteiger partial charge in [-0.25, -0.2) is 15.0 Å². The van der Waals surface area contributed by atoms with Gasteiger partial charge in [-0.1, -0.05) is 17.7 Å². The number of hydrogen-bond donors (Lipinski definition) is 2. The van der Waals surface area contributed by atoms with E-state index in [1.54, 1.807) is 12.3 Å². The Kier molecular flexibility index (Phi) is 2.60. The SMILES string of the molecule is Nc1ccc(Cc2c[nH]c3ncc(Cl)nc23)cn1. The first kappa shape index (κ1) is 11.0. The van der Waals surface area contributed by atoms with Crippen molar-refractivity contribution in [2.24, 2.45) is 0 Å². The molecule has 0 spiro atoms. The Balaban J connectivity index is 1.99. The molecule has 3 rings (SSSR count). The van der Waals surface area contributed by atoms with Crippen molar-refractivity contribution >= 4 is 28.6 Å². The number of aromatic nitrogens is 4. The van der Waals surface area contributed by atoms with Crippen LogP contribution < -0.4 is 5.73 Å². The minimum absolute atomic E-state index is 0.388. The summed E-state index contributed by atoms with van der Waals surface area (Å²) in [6.07, 6.45) is 5.88. The number of nitrogens with two attached hydrogens (primary N) is 1. The molecule has 0 saturated heterocycles. The fraction of sp³-hybridized carbons (Fsp3) is 0.0833. The van der Waals surface area contributed by atoms with E-state index in [-0.39, 0.29) is 0 Å². The maximum absolute atomic E-state index is 5.85. The zero-order valence-corrected chi connectivity index (χ0v) is 10.1. The molecular formula is C12H10ClN5. The topological polar surface area (TPSA) is 80.5 Å². The van der Waals surface area contributed by atoms with Crippen molar-refractivity contribution in [2.75, 3.05) is 5.73 Å². The minimum Gasteiger partial charge on any atom is -0.384 e. The van der Waals surface area contributed by atoms with Crippen LogP contribution in [0.1, 0.15) is 11.1 Å². The third kappa shape index (κ3) is 2.00. The lowest BCUT2D eigenvalue weighted by atomic mass is 10.1. The van der Waals surface area contributed by atoms with Gasteiger partial charge in [-0.15, -0.1) is 0 Å². The van der Waals surface area contributed by atoms with Gasteiger partial charge < -0.3 is 10.7 Å². The molecule has 3 aromatic heterocycles. The number of aromatic amines is 1. The predicted octanol–water partition coefficient (Wildman–Crippen LogP) is 2.18. The Bertz CT molecular complexity index is 689. The molecule has 90 valence electrons. The number of halogens is 1. The summed E-state index contributed by atoms with van der Waals surface area (Å²) in [4.78, 5) is 15.6. The maximum Gasteiger partial charge on any atom is 0.156 e. The average Bonchev–Trinajstić information content (AvgIpc) is 2.75. The highest BCUT2D eigenvalue weighted by Gasteiger charge is 2.08. The molecule has 3 heterocycles. The van der Waals surface area contributed by atoms with E-state index >= 15 is 0 Å². The Morgan fingerprint density at radius 2 is 2.11 bits per heavy atom. The average molecular weight is 260 g/mol. The molecule has 3 aromatic rings. The number of rotatable bonds is 2. The summed E-state index contributed by atoms with van der Waals surface area (Å²) in [6.45, 7) is 0. The second kappa shape index (κ2) is 4.27. The number of hydrogen-bond acceptors (Lipinski definition) is 4. The van der Waals surface area contributed by atoms with E-state index in [9.17, 15) is 0 Å². The molecule has 0 aromatic carbocycles. The van der Waals surface area contributed by atoms with Crippen molar-refractivity contribution in [3.05, 3.63) is 47.0 Å². The summed E-state index contributed by atoms with van der Waals surface area (Å²) >= 11 is 5.85. The number of nitrogens with zero attached hydrogens (tertiary/aromatic N) is 3. The normalized spacial score (nSPS) is 10.9. The van der Waals surface area contributed by atoms with Crippen molar-refractivity contribution in [3.63, 3.8) is 0 Å². The largest absolute Gasteiger partial charge is 0.384 e. The van der Waals surface area contributed by atoms with Gasteiger partial charge >= 0.3 is 0 Å². The van der Waals surface area contributed by atoms with Gasteiger partial charge in [-0.2, -0.15) is 0 Å². The molecule has 0 radical (unpaired) electrons. The molecule has 0 bridgehead atoms. The summed E-state index contributed by atoms with van der Waals surface area (Å²) in [5.41, 5.74) is 9.17. The van der Waals surface area contributed by atoms with Gasteiger partial charge in [0.25, 0.3) is 0 Å². The first-order valence-electron chi connectivity index (χ1n) is 5.41. The first-order chi connectivity index (χ1) is 8.72. The van der Waals surface area contributed by atoms with Gasteiger partial charge in [0.2, 0.25) is 0 Å². The second-order valence-electron chi connectivity index (χ2n) is 3.97. The smallest absolute Gasteiger partial charge is 0.156 e. The first-order valence-corrected chi connectivity index (χ1v) is 5.79. The van der Waals surface area contributed by atoms with Crippen LogP contribution in [-0.4, -0.2) is 19.9 Å². The van der Waals surface area contributed by atoms with Gasteiger partial charge in [0.1, 0.15) is 16.5 Å². The molecule has 0 fully saturated rings. The Labute approximate surface area is 108 Å². The van der Waals surface area contributed by atoms with Crippen LogP contribution in [0.4, 0.5) is 5.82 Å². The Morgan fingerprint density at radius 3 is 2.89 bits per heavy atom. The summed E-state index contributed by atoms with van der Waals surface area (Å²) in [7, 11) is 0. The molecule has 0 aliphatic rings. The maximum atomic E-state index is 5.85. The number of nitrogens with one attached hydrogen (secondary N) is 1. The van der Waals surface area contributed by atoms with E-state index in [1.165, 1.54) is 6.20 Å². The third-order valence-corrected chi connectivity index (χ3v) is 2.85. The van der Waals surface area contributed by atoms with Crippen molar-refractivity contribution < 1.29 is 0 Å². The van der Waals surface area contributed by atoms with Crippen molar-refractivity contribution in [2.45, 2.75) is 6.42 Å². The third-order valence-electron chi connectivity index (χ3n) is 2.67. The van der Waals surface area contributed by atoms with Crippen LogP contribution in [0.5, 0.6) is 0 Å². The molecule has 6 heteroatoms. The quantitative estimate of drug-likeness (QED) is 0.739. The van der Waals surface area contributed by atoms with Crippen LogP contribution in [0.25, 0.3) is 11.2 Å². The highest BCUT2D eigenvalue weighted by molar-refractivity contribution is 6.29. The van der Waals surface area contributed by atoms with E-state index in [2.05, 4.69) is 19.9 Å². The Morgan fingerprint density at radius 1 is 1.22 bits per heavy atom.